The van der Waals surface area contributed by atoms with Crippen LogP contribution in [0.3, 0.4) is 0 Å². The van der Waals surface area contributed by atoms with Crippen LogP contribution in [0.4, 0.5) is 14.6 Å². The second kappa shape index (κ2) is 5.00. The molecule has 0 saturated carbocycles. The van der Waals surface area contributed by atoms with E-state index in [0.717, 1.165) is 7.11 Å². The van der Waals surface area contributed by atoms with Gasteiger partial charge >= 0.3 is 11.8 Å². The minimum atomic E-state index is -3.09. The van der Waals surface area contributed by atoms with Crippen LogP contribution in [0.2, 0.25) is 5.02 Å². The van der Waals surface area contributed by atoms with Crippen LogP contribution in [-0.4, -0.2) is 23.0 Å². The molecule has 0 aliphatic heterocycles. The Kier molecular flexibility index (Phi) is 3.89. The lowest BCUT2D eigenvalue weighted by molar-refractivity contribution is -0.389. The molecule has 1 aromatic heterocycles. The van der Waals surface area contributed by atoms with E-state index in [1.807, 2.05) is 0 Å². The second-order valence-electron chi connectivity index (χ2n) is 2.77. The van der Waals surface area contributed by atoms with Crippen molar-refractivity contribution in [2.24, 2.45) is 0 Å². The summed E-state index contributed by atoms with van der Waals surface area (Å²) in [6.07, 6.45) is -3.09. The Labute approximate surface area is 98.3 Å². The lowest BCUT2D eigenvalue weighted by Gasteiger charge is -2.05. The number of aromatic nitrogens is 1. The molecule has 0 amide bonds. The Morgan fingerprint density at radius 3 is 2.65 bits per heavy atom. The van der Waals surface area contributed by atoms with Crippen LogP contribution in [0.25, 0.3) is 0 Å². The number of alkyl halides is 2. The van der Waals surface area contributed by atoms with E-state index >= 15 is 0 Å². The van der Waals surface area contributed by atoms with Gasteiger partial charge in [-0.2, -0.15) is 0 Å². The van der Waals surface area contributed by atoms with Gasteiger partial charge in [0.2, 0.25) is 0 Å². The standard InChI is InChI=1S/C8H5ClF2N2O4/c1-17-8(14)6-5(7(10)11)3(9)2-4(12-6)13(15)16/h2,7H,1H3. The van der Waals surface area contributed by atoms with Crippen LogP contribution in [0.1, 0.15) is 22.5 Å². The van der Waals surface area contributed by atoms with E-state index in [4.69, 9.17) is 11.6 Å². The van der Waals surface area contributed by atoms with Crippen molar-refractivity contribution in [3.63, 3.8) is 0 Å². The third-order valence-electron chi connectivity index (χ3n) is 1.78. The maximum absolute atomic E-state index is 12.6. The maximum atomic E-state index is 12.6. The van der Waals surface area contributed by atoms with Crippen molar-refractivity contribution < 1.29 is 23.2 Å². The van der Waals surface area contributed by atoms with Crippen molar-refractivity contribution in [2.45, 2.75) is 6.43 Å². The molecule has 9 heteroatoms. The van der Waals surface area contributed by atoms with Crippen LogP contribution in [-0.2, 0) is 4.74 Å². The van der Waals surface area contributed by atoms with Crippen molar-refractivity contribution in [3.05, 3.63) is 32.5 Å². The first-order chi connectivity index (χ1) is 7.88. The Morgan fingerprint density at radius 2 is 2.24 bits per heavy atom. The van der Waals surface area contributed by atoms with E-state index in [9.17, 15) is 23.7 Å². The van der Waals surface area contributed by atoms with E-state index in [2.05, 4.69) is 9.72 Å². The topological polar surface area (TPSA) is 82.3 Å². The number of methoxy groups -OCH3 is 1. The molecule has 0 spiro atoms. The van der Waals surface area contributed by atoms with Gasteiger partial charge in [-0.05, 0) is 9.91 Å². The number of hydrogen-bond acceptors (Lipinski definition) is 5. The Bertz CT molecular complexity index is 481. The van der Waals surface area contributed by atoms with Crippen LogP contribution in [0, 0.1) is 10.1 Å². The fraction of sp³-hybridized carbons (Fsp3) is 0.250. The summed E-state index contributed by atoms with van der Waals surface area (Å²) in [5.74, 6) is -2.02. The van der Waals surface area contributed by atoms with Gasteiger partial charge in [-0.15, -0.1) is 0 Å². The zero-order chi connectivity index (χ0) is 13.2. The van der Waals surface area contributed by atoms with Gasteiger partial charge < -0.3 is 14.9 Å². The lowest BCUT2D eigenvalue weighted by atomic mass is 10.2. The molecular weight excluding hydrogens is 262 g/mol. The van der Waals surface area contributed by atoms with Gasteiger partial charge in [0, 0.05) is 0 Å². The van der Waals surface area contributed by atoms with Crippen LogP contribution >= 0.6 is 11.6 Å². The number of esters is 1. The molecule has 92 valence electrons. The van der Waals surface area contributed by atoms with Gasteiger partial charge in [-0.25, -0.2) is 13.6 Å². The Hall–Kier alpha value is -1.83. The monoisotopic (exact) mass is 266 g/mol. The molecule has 0 saturated heterocycles. The average molecular weight is 267 g/mol. The van der Waals surface area contributed by atoms with E-state index in [1.54, 1.807) is 0 Å². The normalized spacial score (nSPS) is 10.4. The van der Waals surface area contributed by atoms with Crippen molar-refractivity contribution >= 4 is 23.4 Å². The zero-order valence-corrected chi connectivity index (χ0v) is 9.07. The molecule has 6 nitrogen and oxygen atoms in total. The number of carbonyl (C=O) groups is 1. The highest BCUT2D eigenvalue weighted by Gasteiger charge is 2.31. The summed E-state index contributed by atoms with van der Waals surface area (Å²) in [5, 5.41) is 9.83. The molecule has 0 fully saturated rings. The number of nitro groups is 1. The third-order valence-corrected chi connectivity index (χ3v) is 2.09. The number of pyridine rings is 1. The highest BCUT2D eigenvalue weighted by atomic mass is 35.5. The summed E-state index contributed by atoms with van der Waals surface area (Å²) in [7, 11) is 0.937. The van der Waals surface area contributed by atoms with Crippen molar-refractivity contribution in [1.29, 1.82) is 0 Å². The molecule has 1 aromatic rings. The van der Waals surface area contributed by atoms with E-state index in [0.29, 0.717) is 6.07 Å². The molecule has 0 radical (unpaired) electrons. The minimum Gasteiger partial charge on any atom is -0.463 e. The molecule has 17 heavy (non-hydrogen) atoms. The predicted octanol–water partition coefficient (Wildman–Crippen LogP) is 2.37. The van der Waals surface area contributed by atoms with E-state index in [-0.39, 0.29) is 0 Å². The van der Waals surface area contributed by atoms with Gasteiger partial charge in [0.1, 0.15) is 0 Å². The number of nitrogens with zero attached hydrogens (tertiary/aromatic N) is 2. The quantitative estimate of drug-likeness (QED) is 0.476. The smallest absolute Gasteiger partial charge is 0.383 e. The summed E-state index contributed by atoms with van der Waals surface area (Å²) >= 11 is 5.44. The zero-order valence-electron chi connectivity index (χ0n) is 8.32. The van der Waals surface area contributed by atoms with Crippen molar-refractivity contribution in [3.8, 4) is 0 Å². The van der Waals surface area contributed by atoms with E-state index in [1.165, 1.54) is 0 Å². The first kappa shape index (κ1) is 13.2. The first-order valence-corrected chi connectivity index (χ1v) is 4.47. The minimum absolute atomic E-state index is 0.609. The number of halogens is 3. The molecule has 0 aromatic carbocycles. The summed E-state index contributed by atoms with van der Waals surface area (Å²) in [6.45, 7) is 0. The van der Waals surface area contributed by atoms with Gasteiger partial charge in [0.15, 0.2) is 0 Å². The fourth-order valence-electron chi connectivity index (χ4n) is 1.06. The predicted molar refractivity (Wildman–Crippen MR) is 52.2 cm³/mol. The Balaban J connectivity index is 3.50. The fourth-order valence-corrected chi connectivity index (χ4v) is 1.33. The number of ether oxygens (including phenoxy) is 1. The Morgan fingerprint density at radius 1 is 1.65 bits per heavy atom. The number of rotatable bonds is 3. The van der Waals surface area contributed by atoms with Gasteiger partial charge in [-0.1, -0.05) is 11.6 Å². The molecule has 0 aliphatic carbocycles. The molecule has 1 heterocycles. The SMILES string of the molecule is COC(=O)c1nc([N+](=O)[O-])cc(Cl)c1C(F)F. The largest absolute Gasteiger partial charge is 0.463 e. The first-order valence-electron chi connectivity index (χ1n) is 4.09. The average Bonchev–Trinajstić information content (AvgIpc) is 2.26. The molecule has 0 unspecified atom stereocenters. The second-order valence-corrected chi connectivity index (χ2v) is 3.18. The number of carbonyl (C=O) groups excluding carboxylic acids is 1. The highest BCUT2D eigenvalue weighted by Crippen LogP contribution is 2.32. The van der Waals surface area contributed by atoms with Crippen molar-refractivity contribution in [2.75, 3.05) is 7.11 Å². The maximum Gasteiger partial charge on any atom is 0.383 e. The lowest BCUT2D eigenvalue weighted by Crippen LogP contribution is -2.11. The molecule has 0 aliphatic rings. The van der Waals surface area contributed by atoms with Gasteiger partial charge in [0.25, 0.3) is 12.1 Å². The summed E-state index contributed by atoms with van der Waals surface area (Å²) < 4.78 is 29.4. The van der Waals surface area contributed by atoms with Crippen LogP contribution in [0.15, 0.2) is 6.07 Å². The number of hydrogen-bond donors (Lipinski definition) is 0. The molecule has 1 rings (SSSR count). The van der Waals surface area contributed by atoms with Gasteiger partial charge in [0.05, 0.1) is 23.8 Å². The van der Waals surface area contributed by atoms with Crippen molar-refractivity contribution in [1.82, 2.24) is 4.98 Å². The van der Waals surface area contributed by atoms with Crippen LogP contribution in [0.5, 0.6) is 0 Å². The molecule has 0 atom stereocenters. The van der Waals surface area contributed by atoms with Crippen LogP contribution < -0.4 is 0 Å². The molecular formula is C8H5ClF2N2O4. The van der Waals surface area contributed by atoms with Gasteiger partial charge in [-0.3, -0.25) is 0 Å². The molecule has 0 bridgehead atoms. The summed E-state index contributed by atoms with van der Waals surface area (Å²) in [6, 6.07) is 0.648. The van der Waals surface area contributed by atoms with E-state index < -0.39 is 39.4 Å². The summed E-state index contributed by atoms with van der Waals surface area (Å²) in [5.41, 5.74) is -1.74. The highest BCUT2D eigenvalue weighted by molar-refractivity contribution is 6.32. The summed E-state index contributed by atoms with van der Waals surface area (Å²) in [4.78, 5) is 23.8. The molecule has 0 N–H and O–H groups in total. The third kappa shape index (κ3) is 2.64.